The number of halogens is 3. The van der Waals surface area contributed by atoms with Gasteiger partial charge in [0.25, 0.3) is 5.91 Å². The summed E-state index contributed by atoms with van der Waals surface area (Å²) in [7, 11) is -3.58. The Bertz CT molecular complexity index is 1410. The zero-order valence-electron chi connectivity index (χ0n) is 19.4. The highest BCUT2D eigenvalue weighted by atomic mass is 35.5. The second kappa shape index (κ2) is 10.1. The van der Waals surface area contributed by atoms with Gasteiger partial charge in [0.1, 0.15) is 11.9 Å². The first-order valence-electron chi connectivity index (χ1n) is 11.8. The summed E-state index contributed by atoms with van der Waals surface area (Å²) in [6.45, 7) is 1.42. The fourth-order valence-electron chi connectivity index (χ4n) is 4.71. The van der Waals surface area contributed by atoms with Gasteiger partial charge in [-0.05, 0) is 54.3 Å². The van der Waals surface area contributed by atoms with Crippen molar-refractivity contribution in [3.63, 3.8) is 0 Å². The molecule has 1 atom stereocenters. The van der Waals surface area contributed by atoms with E-state index in [0.29, 0.717) is 46.2 Å². The van der Waals surface area contributed by atoms with Crippen LogP contribution in [0.25, 0.3) is 11.3 Å². The number of carbonyl (C=O) groups is 1. The van der Waals surface area contributed by atoms with Crippen molar-refractivity contribution in [1.82, 2.24) is 20.2 Å². The summed E-state index contributed by atoms with van der Waals surface area (Å²) in [6.07, 6.45) is 8.66. The van der Waals surface area contributed by atoms with Crippen LogP contribution in [0.3, 0.4) is 0 Å². The number of benzene rings is 1. The third-order valence-corrected chi connectivity index (χ3v) is 8.43. The molecular weight excluding hydrogens is 526 g/mol. The molecule has 1 amide bonds. The number of piperidine rings is 1. The Morgan fingerprint density at radius 3 is 2.64 bits per heavy atom. The molecule has 3 heterocycles. The molecule has 7 nitrogen and oxygen atoms in total. The molecule has 1 N–H and O–H groups in total. The molecule has 0 bridgehead atoms. The number of aromatic nitrogens is 2. The Hall–Kier alpha value is -2.46. The second-order valence-corrected chi connectivity index (χ2v) is 12.1. The molecule has 1 aromatic carbocycles. The van der Waals surface area contributed by atoms with Gasteiger partial charge in [-0.2, -0.15) is 5.10 Å². The lowest BCUT2D eigenvalue weighted by molar-refractivity contribution is 0.0741. The minimum Gasteiger partial charge on any atom is -0.283 e. The average Bonchev–Trinajstić information content (AvgIpc) is 3.19. The Labute approximate surface area is 219 Å². The average molecular weight is 551 g/mol. The molecule has 1 fully saturated rings. The molecule has 0 spiro atoms. The third kappa shape index (κ3) is 5.29. The summed E-state index contributed by atoms with van der Waals surface area (Å²) in [5, 5.41) is 7.24. The number of amides is 1. The summed E-state index contributed by atoms with van der Waals surface area (Å²) in [4.78, 5) is 13.6. The summed E-state index contributed by atoms with van der Waals surface area (Å²) < 4.78 is 40.9. The van der Waals surface area contributed by atoms with Crippen molar-refractivity contribution in [1.29, 1.82) is 0 Å². The predicted octanol–water partition coefficient (Wildman–Crippen LogP) is 4.85. The maximum absolute atomic E-state index is 13.6. The highest BCUT2D eigenvalue weighted by Crippen LogP contribution is 2.35. The number of nitrogens with zero attached hydrogens (tertiary/aromatic N) is 3. The van der Waals surface area contributed by atoms with Gasteiger partial charge in [-0.25, -0.2) is 22.5 Å². The van der Waals surface area contributed by atoms with Crippen molar-refractivity contribution >= 4 is 44.5 Å². The number of hydrogen-bond acceptors (Lipinski definition) is 5. The fourth-order valence-corrected chi connectivity index (χ4v) is 6.71. The number of rotatable bonds is 4. The monoisotopic (exact) mass is 550 g/mol. The molecule has 5 rings (SSSR count). The number of hydrogen-bond donors (Lipinski definition) is 1. The first-order valence-corrected chi connectivity index (χ1v) is 14.3. The molecule has 190 valence electrons. The van der Waals surface area contributed by atoms with E-state index in [-0.39, 0.29) is 28.6 Å². The molecule has 0 saturated carbocycles. The van der Waals surface area contributed by atoms with Crippen molar-refractivity contribution < 1.29 is 17.6 Å². The minimum atomic E-state index is -3.58. The smallest absolute Gasteiger partial charge is 0.283 e. The molecule has 0 radical (unpaired) electrons. The van der Waals surface area contributed by atoms with E-state index in [9.17, 15) is 17.6 Å². The lowest BCUT2D eigenvalue weighted by Gasteiger charge is -2.27. The number of carbonyl (C=O) groups excluding carboxylic acids is 1. The zero-order chi connectivity index (χ0) is 25.4. The molecular formula is C25H25Cl2FN4O3S. The highest BCUT2D eigenvalue weighted by molar-refractivity contribution is 7.91. The summed E-state index contributed by atoms with van der Waals surface area (Å²) >= 11 is 12.6. The number of allylic oxidation sites excluding steroid dienone is 5. The first kappa shape index (κ1) is 25.2. The van der Waals surface area contributed by atoms with Gasteiger partial charge in [-0.1, -0.05) is 41.8 Å². The summed E-state index contributed by atoms with van der Waals surface area (Å²) in [6, 6.07) is 4.82. The van der Waals surface area contributed by atoms with Crippen LogP contribution in [-0.2, 0) is 15.6 Å². The van der Waals surface area contributed by atoms with Gasteiger partial charge in [0.15, 0.2) is 9.84 Å². The van der Waals surface area contributed by atoms with Crippen LogP contribution in [0.4, 0.5) is 4.39 Å². The number of alkyl halides is 1. The molecule has 2 aliphatic heterocycles. The Morgan fingerprint density at radius 2 is 1.94 bits per heavy atom. The molecule has 1 unspecified atom stereocenters. The molecule has 3 aliphatic rings. The van der Waals surface area contributed by atoms with E-state index >= 15 is 0 Å². The van der Waals surface area contributed by atoms with E-state index in [0.717, 1.165) is 19.3 Å². The molecule has 1 aromatic heterocycles. The lowest BCUT2D eigenvalue weighted by atomic mass is 10.0. The Balaban J connectivity index is 1.65. The normalized spacial score (nSPS) is 22.8. The van der Waals surface area contributed by atoms with E-state index in [4.69, 9.17) is 28.3 Å². The summed E-state index contributed by atoms with van der Waals surface area (Å²) in [5.74, 6) is -1.01. The van der Waals surface area contributed by atoms with Crippen LogP contribution in [0.5, 0.6) is 0 Å². The van der Waals surface area contributed by atoms with Gasteiger partial charge in [0.05, 0.1) is 27.9 Å². The van der Waals surface area contributed by atoms with E-state index in [1.54, 1.807) is 36.4 Å². The quantitative estimate of drug-likeness (QED) is 0.588. The van der Waals surface area contributed by atoms with Crippen molar-refractivity contribution in [2.45, 2.75) is 37.6 Å². The fraction of sp³-hybridized carbons (Fsp3) is 0.360. The van der Waals surface area contributed by atoms with Crippen LogP contribution in [-0.4, -0.2) is 54.1 Å². The Morgan fingerprint density at radius 1 is 1.17 bits per heavy atom. The van der Waals surface area contributed by atoms with Crippen LogP contribution in [0, 0.1) is 0 Å². The number of sulfone groups is 1. The van der Waals surface area contributed by atoms with Crippen LogP contribution >= 0.6 is 23.2 Å². The van der Waals surface area contributed by atoms with Gasteiger partial charge in [-0.15, -0.1) is 0 Å². The minimum absolute atomic E-state index is 0.117. The van der Waals surface area contributed by atoms with Crippen LogP contribution < -0.4 is 5.43 Å². The topological polar surface area (TPSA) is 84.3 Å². The van der Waals surface area contributed by atoms with E-state index < -0.39 is 21.9 Å². The lowest BCUT2D eigenvalue weighted by Crippen LogP contribution is -2.45. The van der Waals surface area contributed by atoms with Gasteiger partial charge < -0.3 is 0 Å². The largest absolute Gasteiger partial charge is 0.284 e. The number of fused-ring (bicyclic) bond motifs is 1. The molecule has 36 heavy (non-hydrogen) atoms. The number of nitrogens with one attached hydrogen (secondary N) is 1. The zero-order valence-corrected chi connectivity index (χ0v) is 21.7. The molecule has 1 aliphatic carbocycles. The first-order chi connectivity index (χ1) is 17.2. The van der Waals surface area contributed by atoms with Gasteiger partial charge in [0.2, 0.25) is 0 Å². The van der Waals surface area contributed by atoms with Gasteiger partial charge in [-0.3, -0.25) is 10.2 Å². The molecule has 11 heteroatoms. The maximum atomic E-state index is 13.6. The highest BCUT2D eigenvalue weighted by Gasteiger charge is 2.35. The third-order valence-electron chi connectivity index (χ3n) is 6.41. The standard InChI is InChI=1S/C25H25Cl2FN4O3S/c26-18-6-9-22(21(27)13-18)32-24(25(33)30-31-10-2-1-3-11-31)20-15-36(34,35)14-17(23(20)29-32)12-16-4-7-19(28)8-5-16/h4-7,9,12-13,19H,1-3,8,10-11,14-15H2,(H,30,33)/b17-12+. The van der Waals surface area contributed by atoms with Crippen LogP contribution in [0.2, 0.25) is 10.0 Å². The number of hydrazine groups is 1. The SMILES string of the molecule is O=C(NN1CCCCC1)c1c2c(nn1-c1ccc(Cl)cc1Cl)/C(=C/C1=CCC(F)C=C1)CS(=O)(=O)C2. The van der Waals surface area contributed by atoms with Crippen LogP contribution in [0.15, 0.2) is 48.1 Å². The second-order valence-electron chi connectivity index (χ2n) is 9.19. The van der Waals surface area contributed by atoms with Crippen molar-refractivity contribution in [2.24, 2.45) is 0 Å². The maximum Gasteiger partial charge on any atom is 0.284 e. The molecule has 2 aromatic rings. The van der Waals surface area contributed by atoms with Crippen molar-refractivity contribution in [2.75, 3.05) is 18.8 Å². The van der Waals surface area contributed by atoms with Crippen molar-refractivity contribution in [3.05, 3.63) is 75.1 Å². The predicted molar refractivity (Wildman–Crippen MR) is 139 cm³/mol. The molecule has 1 saturated heterocycles. The Kier molecular flexibility index (Phi) is 7.09. The van der Waals surface area contributed by atoms with E-state index in [2.05, 4.69) is 5.43 Å². The van der Waals surface area contributed by atoms with E-state index in [1.165, 1.54) is 10.8 Å². The van der Waals surface area contributed by atoms with Crippen LogP contribution in [0.1, 0.15) is 47.4 Å². The van der Waals surface area contributed by atoms with Gasteiger partial charge in [0, 0.05) is 30.1 Å². The van der Waals surface area contributed by atoms with Gasteiger partial charge >= 0.3 is 0 Å². The van der Waals surface area contributed by atoms with E-state index in [1.807, 2.05) is 5.01 Å². The summed E-state index contributed by atoms with van der Waals surface area (Å²) in [5.41, 5.74) is 5.32. The van der Waals surface area contributed by atoms with Crippen molar-refractivity contribution in [3.8, 4) is 5.69 Å².